The van der Waals surface area contributed by atoms with Gasteiger partial charge in [-0.05, 0) is 18.5 Å². The second kappa shape index (κ2) is 5.74. The molecule has 0 spiro atoms. The van der Waals surface area contributed by atoms with Crippen molar-refractivity contribution >= 4 is 17.3 Å². The molecule has 0 aliphatic rings. The van der Waals surface area contributed by atoms with E-state index in [9.17, 15) is 4.79 Å². The van der Waals surface area contributed by atoms with Crippen molar-refractivity contribution in [1.82, 2.24) is 15.0 Å². The molecule has 2 heterocycles. The predicted molar refractivity (Wildman–Crippen MR) is 66.0 cm³/mol. The van der Waals surface area contributed by atoms with Crippen molar-refractivity contribution in [3.05, 3.63) is 23.4 Å². The summed E-state index contributed by atoms with van der Waals surface area (Å²) in [5, 5.41) is 5.85. The monoisotopic (exact) mass is 267 g/mol. The zero-order valence-electron chi connectivity index (χ0n) is 10.1. The van der Waals surface area contributed by atoms with E-state index in [1.165, 1.54) is 7.11 Å². The van der Waals surface area contributed by atoms with E-state index < -0.39 is 0 Å². The highest BCUT2D eigenvalue weighted by Gasteiger charge is 2.13. The first-order chi connectivity index (χ1) is 8.69. The van der Waals surface area contributed by atoms with Gasteiger partial charge >= 0.3 is 5.97 Å². The summed E-state index contributed by atoms with van der Waals surface area (Å²) in [6.07, 6.45) is 0. The Bertz CT molecular complexity index is 509. The van der Waals surface area contributed by atoms with Gasteiger partial charge in [-0.2, -0.15) is 4.98 Å². The smallest absolute Gasteiger partial charge is 0.319 e. The molecule has 96 valence electrons. The van der Waals surface area contributed by atoms with Gasteiger partial charge in [0.1, 0.15) is 0 Å². The lowest BCUT2D eigenvalue weighted by atomic mass is 10.4. The Hall–Kier alpha value is -1.73. The Labute approximate surface area is 108 Å². The molecule has 7 heteroatoms. The van der Waals surface area contributed by atoms with Crippen LogP contribution in [-0.4, -0.2) is 41.7 Å². The summed E-state index contributed by atoms with van der Waals surface area (Å²) in [5.41, 5.74) is 0. The zero-order valence-corrected chi connectivity index (χ0v) is 10.9. The first-order valence-corrected chi connectivity index (χ1v) is 6.19. The fraction of sp³-hybridized carbons (Fsp3) is 0.364. The second-order valence-corrected chi connectivity index (χ2v) is 4.69. The van der Waals surface area contributed by atoms with Crippen LogP contribution in [0.3, 0.4) is 0 Å². The third-order valence-electron chi connectivity index (χ3n) is 2.24. The van der Waals surface area contributed by atoms with Crippen molar-refractivity contribution in [3.8, 4) is 10.7 Å². The van der Waals surface area contributed by atoms with E-state index in [-0.39, 0.29) is 12.5 Å². The molecule has 0 unspecified atom stereocenters. The van der Waals surface area contributed by atoms with E-state index in [4.69, 9.17) is 4.52 Å². The lowest BCUT2D eigenvalue weighted by Gasteiger charge is -2.11. The SMILES string of the molecule is COC(=O)CN(C)Cc1nc(-c2cccs2)no1. The number of hydrogen-bond donors (Lipinski definition) is 0. The highest BCUT2D eigenvalue weighted by molar-refractivity contribution is 7.13. The van der Waals surface area contributed by atoms with Gasteiger partial charge in [0.15, 0.2) is 0 Å². The molecule has 0 fully saturated rings. The molecule has 0 aliphatic heterocycles. The topological polar surface area (TPSA) is 68.5 Å². The summed E-state index contributed by atoms with van der Waals surface area (Å²) >= 11 is 1.55. The van der Waals surface area contributed by atoms with E-state index in [2.05, 4.69) is 14.9 Å². The average molecular weight is 267 g/mol. The molecule has 0 saturated carbocycles. The Balaban J connectivity index is 1.96. The maximum absolute atomic E-state index is 11.1. The number of nitrogens with zero attached hydrogens (tertiary/aromatic N) is 3. The van der Waals surface area contributed by atoms with Gasteiger partial charge in [-0.1, -0.05) is 11.2 Å². The highest BCUT2D eigenvalue weighted by atomic mass is 32.1. The first kappa shape index (κ1) is 12.7. The number of carbonyl (C=O) groups is 1. The summed E-state index contributed by atoms with van der Waals surface area (Å²) in [5.74, 6) is 0.756. The normalized spacial score (nSPS) is 10.8. The van der Waals surface area contributed by atoms with Gasteiger partial charge in [-0.3, -0.25) is 9.69 Å². The first-order valence-electron chi connectivity index (χ1n) is 5.31. The molecular formula is C11H13N3O3S. The van der Waals surface area contributed by atoms with Crippen LogP contribution in [0.1, 0.15) is 5.89 Å². The van der Waals surface area contributed by atoms with Gasteiger partial charge < -0.3 is 9.26 Å². The maximum atomic E-state index is 11.1. The minimum Gasteiger partial charge on any atom is -0.468 e. The second-order valence-electron chi connectivity index (χ2n) is 3.74. The summed E-state index contributed by atoms with van der Waals surface area (Å²) in [6, 6.07) is 3.86. The molecular weight excluding hydrogens is 254 g/mol. The summed E-state index contributed by atoms with van der Waals surface area (Å²) in [4.78, 5) is 18.0. The van der Waals surface area contributed by atoms with Gasteiger partial charge in [0.2, 0.25) is 11.7 Å². The fourth-order valence-corrected chi connectivity index (χ4v) is 2.05. The number of likely N-dealkylation sites (N-methyl/N-ethyl adjacent to an activating group) is 1. The number of methoxy groups -OCH3 is 1. The van der Waals surface area contributed by atoms with Gasteiger partial charge in [0.05, 0.1) is 25.1 Å². The van der Waals surface area contributed by atoms with Crippen molar-refractivity contribution in [2.75, 3.05) is 20.7 Å². The molecule has 18 heavy (non-hydrogen) atoms. The molecule has 0 radical (unpaired) electrons. The van der Waals surface area contributed by atoms with Crippen LogP contribution < -0.4 is 0 Å². The van der Waals surface area contributed by atoms with E-state index in [0.717, 1.165) is 4.88 Å². The fourth-order valence-electron chi connectivity index (χ4n) is 1.40. The number of aromatic nitrogens is 2. The lowest BCUT2D eigenvalue weighted by molar-refractivity contribution is -0.141. The van der Waals surface area contributed by atoms with E-state index in [0.29, 0.717) is 18.3 Å². The van der Waals surface area contributed by atoms with Crippen LogP contribution in [0.2, 0.25) is 0 Å². The van der Waals surface area contributed by atoms with E-state index in [1.54, 1.807) is 23.3 Å². The predicted octanol–water partition coefficient (Wildman–Crippen LogP) is 1.40. The minimum absolute atomic E-state index is 0.188. The van der Waals surface area contributed by atoms with E-state index >= 15 is 0 Å². The van der Waals surface area contributed by atoms with Crippen molar-refractivity contribution in [2.45, 2.75) is 6.54 Å². The number of thiophene rings is 1. The molecule has 2 aromatic heterocycles. The lowest BCUT2D eigenvalue weighted by Crippen LogP contribution is -2.26. The van der Waals surface area contributed by atoms with E-state index in [1.807, 2.05) is 17.5 Å². The molecule has 0 amide bonds. The summed E-state index contributed by atoms with van der Waals surface area (Å²) in [7, 11) is 3.14. The largest absolute Gasteiger partial charge is 0.468 e. The molecule has 6 nitrogen and oxygen atoms in total. The van der Waals surface area contributed by atoms with Gasteiger partial charge in [-0.25, -0.2) is 0 Å². The molecule has 2 aromatic rings. The van der Waals surface area contributed by atoms with Crippen LogP contribution in [0, 0.1) is 0 Å². The van der Waals surface area contributed by atoms with Crippen molar-refractivity contribution < 1.29 is 14.1 Å². The molecule has 0 N–H and O–H groups in total. The number of carbonyl (C=O) groups excluding carboxylic acids is 1. The molecule has 0 atom stereocenters. The molecule has 0 aromatic carbocycles. The summed E-state index contributed by atoms with van der Waals surface area (Å²) in [6.45, 7) is 0.598. The number of hydrogen-bond acceptors (Lipinski definition) is 7. The Morgan fingerprint density at radius 2 is 2.44 bits per heavy atom. The van der Waals surface area contributed by atoms with Crippen LogP contribution in [0.15, 0.2) is 22.0 Å². The van der Waals surface area contributed by atoms with Crippen LogP contribution >= 0.6 is 11.3 Å². The third-order valence-corrected chi connectivity index (χ3v) is 3.11. The Morgan fingerprint density at radius 3 is 3.11 bits per heavy atom. The molecule has 0 aliphatic carbocycles. The summed E-state index contributed by atoms with van der Waals surface area (Å²) < 4.78 is 9.70. The number of ether oxygens (including phenoxy) is 1. The quantitative estimate of drug-likeness (QED) is 0.763. The zero-order chi connectivity index (χ0) is 13.0. The highest BCUT2D eigenvalue weighted by Crippen LogP contribution is 2.21. The van der Waals surface area contributed by atoms with Crippen LogP contribution in [0.5, 0.6) is 0 Å². The molecule has 2 rings (SSSR count). The van der Waals surface area contributed by atoms with Gasteiger partial charge in [0.25, 0.3) is 0 Å². The minimum atomic E-state index is -0.296. The van der Waals surface area contributed by atoms with Crippen molar-refractivity contribution in [2.24, 2.45) is 0 Å². The molecule has 0 saturated heterocycles. The Morgan fingerprint density at radius 1 is 1.61 bits per heavy atom. The van der Waals surface area contributed by atoms with Crippen LogP contribution in [0.25, 0.3) is 10.7 Å². The number of esters is 1. The van der Waals surface area contributed by atoms with Gasteiger partial charge in [0, 0.05) is 0 Å². The number of rotatable bonds is 5. The van der Waals surface area contributed by atoms with Gasteiger partial charge in [-0.15, -0.1) is 11.3 Å². The third kappa shape index (κ3) is 3.14. The van der Waals surface area contributed by atoms with Crippen molar-refractivity contribution in [1.29, 1.82) is 0 Å². The molecule has 0 bridgehead atoms. The van der Waals surface area contributed by atoms with Crippen molar-refractivity contribution in [3.63, 3.8) is 0 Å². The van der Waals surface area contributed by atoms with Crippen LogP contribution in [-0.2, 0) is 16.1 Å². The Kier molecular flexibility index (Phi) is 4.06. The van der Waals surface area contributed by atoms with Crippen LogP contribution in [0.4, 0.5) is 0 Å². The standard InChI is InChI=1S/C11H13N3O3S/c1-14(7-10(15)16-2)6-9-12-11(13-17-9)8-4-3-5-18-8/h3-5H,6-7H2,1-2H3. The average Bonchev–Trinajstić information content (AvgIpc) is 2.98. The maximum Gasteiger partial charge on any atom is 0.319 e.